The minimum Gasteiger partial charge on any atom is -0.365 e. The third kappa shape index (κ3) is 1.90. The highest BCUT2D eigenvalue weighted by Gasteiger charge is 2.02. The molecule has 0 radical (unpaired) electrons. The lowest BCUT2D eigenvalue weighted by Crippen LogP contribution is -1.88. The van der Waals surface area contributed by atoms with Gasteiger partial charge in [0, 0.05) is 17.5 Å². The zero-order chi connectivity index (χ0) is 9.10. The van der Waals surface area contributed by atoms with Crippen LogP contribution in [0.15, 0.2) is 41.1 Å². The van der Waals surface area contributed by atoms with E-state index < -0.39 is 0 Å². The average molecular weight is 194 g/mol. The van der Waals surface area contributed by atoms with Crippen molar-refractivity contribution in [1.82, 2.24) is 5.16 Å². The molecule has 0 atom stereocenters. The maximum atomic E-state index is 5.98. The van der Waals surface area contributed by atoms with Crippen LogP contribution in [0.1, 0.15) is 11.3 Å². The highest BCUT2D eigenvalue weighted by molar-refractivity contribution is 6.31. The molecule has 0 N–H and O–H groups in total. The molecule has 1 heterocycles. The first-order chi connectivity index (χ1) is 6.36. The second-order valence-electron chi connectivity index (χ2n) is 2.76. The minimum absolute atomic E-state index is 0.718. The Morgan fingerprint density at radius 2 is 2.08 bits per heavy atom. The molecule has 13 heavy (non-hydrogen) atoms. The van der Waals surface area contributed by atoms with Gasteiger partial charge in [-0.1, -0.05) is 35.0 Å². The first-order valence-electron chi connectivity index (χ1n) is 3.99. The van der Waals surface area contributed by atoms with Crippen molar-refractivity contribution in [3.05, 3.63) is 52.9 Å². The van der Waals surface area contributed by atoms with Crippen molar-refractivity contribution in [2.24, 2.45) is 0 Å². The Labute approximate surface area is 81.1 Å². The van der Waals surface area contributed by atoms with Crippen molar-refractivity contribution in [2.45, 2.75) is 6.42 Å². The van der Waals surface area contributed by atoms with E-state index in [1.807, 2.05) is 30.3 Å². The van der Waals surface area contributed by atoms with E-state index in [0.29, 0.717) is 0 Å². The average Bonchev–Trinajstić information content (AvgIpc) is 2.61. The van der Waals surface area contributed by atoms with Crippen LogP contribution in [0.25, 0.3) is 0 Å². The number of nitrogens with zero attached hydrogens (tertiary/aromatic N) is 1. The molecule has 66 valence electrons. The first-order valence-corrected chi connectivity index (χ1v) is 4.37. The number of aromatic nitrogens is 1. The molecule has 0 saturated heterocycles. The number of benzene rings is 1. The van der Waals surface area contributed by atoms with E-state index >= 15 is 0 Å². The molecule has 0 spiro atoms. The maximum absolute atomic E-state index is 5.98. The van der Waals surface area contributed by atoms with Gasteiger partial charge < -0.3 is 4.52 Å². The van der Waals surface area contributed by atoms with Crippen LogP contribution in [-0.2, 0) is 6.42 Å². The van der Waals surface area contributed by atoms with Crippen molar-refractivity contribution in [2.75, 3.05) is 0 Å². The number of hydrogen-bond acceptors (Lipinski definition) is 2. The minimum atomic E-state index is 0.718. The molecule has 2 nitrogen and oxygen atoms in total. The molecule has 0 aliphatic heterocycles. The molecule has 2 aromatic rings. The fourth-order valence-corrected chi connectivity index (χ4v) is 1.37. The van der Waals surface area contributed by atoms with Gasteiger partial charge in [-0.25, -0.2) is 0 Å². The van der Waals surface area contributed by atoms with Gasteiger partial charge in [-0.3, -0.25) is 0 Å². The van der Waals surface area contributed by atoms with Gasteiger partial charge in [-0.05, 0) is 11.6 Å². The summed E-state index contributed by atoms with van der Waals surface area (Å²) in [6.45, 7) is 0. The Kier molecular flexibility index (Phi) is 2.32. The van der Waals surface area contributed by atoms with Gasteiger partial charge in [0.25, 0.3) is 0 Å². The van der Waals surface area contributed by atoms with Crippen LogP contribution in [-0.4, -0.2) is 5.16 Å². The Bertz CT molecular complexity index is 384. The zero-order valence-corrected chi connectivity index (χ0v) is 7.66. The quantitative estimate of drug-likeness (QED) is 0.733. The maximum Gasteiger partial charge on any atom is 0.124 e. The lowest BCUT2D eigenvalue weighted by Gasteiger charge is -1.99. The zero-order valence-electron chi connectivity index (χ0n) is 6.90. The number of halogens is 1. The topological polar surface area (TPSA) is 26.0 Å². The molecule has 2 rings (SSSR count). The van der Waals surface area contributed by atoms with E-state index in [1.54, 1.807) is 6.26 Å². The van der Waals surface area contributed by atoms with E-state index in [0.717, 1.165) is 22.7 Å². The smallest absolute Gasteiger partial charge is 0.124 e. The fraction of sp³-hybridized carbons (Fsp3) is 0.100. The Hall–Kier alpha value is -1.28. The van der Waals surface area contributed by atoms with Crippen LogP contribution in [0, 0.1) is 0 Å². The monoisotopic (exact) mass is 193 g/mol. The molecule has 1 aromatic heterocycles. The van der Waals surface area contributed by atoms with Gasteiger partial charge in [0.15, 0.2) is 0 Å². The van der Waals surface area contributed by atoms with E-state index in [9.17, 15) is 0 Å². The molecule has 0 amide bonds. The molecular formula is C10H8ClNO. The molecule has 0 saturated carbocycles. The third-order valence-electron chi connectivity index (χ3n) is 1.82. The number of hydrogen-bond donors (Lipinski definition) is 0. The van der Waals surface area contributed by atoms with Gasteiger partial charge in [-0.15, -0.1) is 0 Å². The predicted octanol–water partition coefficient (Wildman–Crippen LogP) is 2.92. The van der Waals surface area contributed by atoms with E-state index in [-0.39, 0.29) is 0 Å². The highest BCUT2D eigenvalue weighted by Crippen LogP contribution is 2.17. The molecule has 0 aliphatic rings. The largest absolute Gasteiger partial charge is 0.365 e. The number of rotatable bonds is 2. The summed E-state index contributed by atoms with van der Waals surface area (Å²) in [5, 5.41) is 4.59. The summed E-state index contributed by atoms with van der Waals surface area (Å²) >= 11 is 5.98. The van der Waals surface area contributed by atoms with E-state index in [1.165, 1.54) is 0 Å². The predicted molar refractivity (Wildman–Crippen MR) is 50.8 cm³/mol. The SMILES string of the molecule is Clc1ccccc1Cc1ccon1. The summed E-state index contributed by atoms with van der Waals surface area (Å²) in [4.78, 5) is 0. The van der Waals surface area contributed by atoms with Crippen LogP contribution in [0.4, 0.5) is 0 Å². The van der Waals surface area contributed by atoms with Gasteiger partial charge in [0.05, 0.1) is 5.69 Å². The lowest BCUT2D eigenvalue weighted by molar-refractivity contribution is 0.413. The normalized spacial score (nSPS) is 10.2. The van der Waals surface area contributed by atoms with Crippen LogP contribution >= 0.6 is 11.6 Å². The van der Waals surface area contributed by atoms with Crippen LogP contribution in [0.2, 0.25) is 5.02 Å². The Balaban J connectivity index is 2.24. The molecule has 3 heteroatoms. The summed E-state index contributed by atoms with van der Waals surface area (Å²) in [6, 6.07) is 9.56. The summed E-state index contributed by atoms with van der Waals surface area (Å²) < 4.78 is 4.73. The van der Waals surface area contributed by atoms with Crippen molar-refractivity contribution >= 4 is 11.6 Å². The molecule has 0 fully saturated rings. The van der Waals surface area contributed by atoms with Gasteiger partial charge in [0.2, 0.25) is 0 Å². The Morgan fingerprint density at radius 1 is 1.23 bits per heavy atom. The summed E-state index contributed by atoms with van der Waals surface area (Å²) in [6.07, 6.45) is 2.28. The molecule has 0 bridgehead atoms. The van der Waals surface area contributed by atoms with Crippen LogP contribution < -0.4 is 0 Å². The summed E-state index contributed by atoms with van der Waals surface area (Å²) in [5.41, 5.74) is 1.96. The molecule has 0 aliphatic carbocycles. The van der Waals surface area contributed by atoms with Crippen molar-refractivity contribution < 1.29 is 4.52 Å². The highest BCUT2D eigenvalue weighted by atomic mass is 35.5. The van der Waals surface area contributed by atoms with Crippen LogP contribution in [0.5, 0.6) is 0 Å². The summed E-state index contributed by atoms with van der Waals surface area (Å²) in [7, 11) is 0. The second kappa shape index (κ2) is 3.62. The Morgan fingerprint density at radius 3 is 2.77 bits per heavy atom. The standard InChI is InChI=1S/C10H8ClNO/c11-10-4-2-1-3-8(10)7-9-5-6-13-12-9/h1-6H,7H2. The van der Waals surface area contributed by atoms with E-state index in [2.05, 4.69) is 5.16 Å². The second-order valence-corrected chi connectivity index (χ2v) is 3.17. The lowest BCUT2D eigenvalue weighted by atomic mass is 10.1. The molecule has 0 unspecified atom stereocenters. The molecule has 1 aromatic carbocycles. The van der Waals surface area contributed by atoms with Crippen molar-refractivity contribution in [1.29, 1.82) is 0 Å². The summed E-state index contributed by atoms with van der Waals surface area (Å²) in [5.74, 6) is 0. The third-order valence-corrected chi connectivity index (χ3v) is 2.19. The van der Waals surface area contributed by atoms with Crippen LogP contribution in [0.3, 0.4) is 0 Å². The van der Waals surface area contributed by atoms with Gasteiger partial charge in [0.1, 0.15) is 6.26 Å². The van der Waals surface area contributed by atoms with Gasteiger partial charge in [-0.2, -0.15) is 0 Å². The van der Waals surface area contributed by atoms with Crippen molar-refractivity contribution in [3.63, 3.8) is 0 Å². The van der Waals surface area contributed by atoms with Crippen molar-refractivity contribution in [3.8, 4) is 0 Å². The van der Waals surface area contributed by atoms with Gasteiger partial charge >= 0.3 is 0 Å². The molecular weight excluding hydrogens is 186 g/mol. The first kappa shape index (κ1) is 8.32. The fourth-order valence-electron chi connectivity index (χ4n) is 1.17. The van der Waals surface area contributed by atoms with E-state index in [4.69, 9.17) is 16.1 Å².